The number of rotatable bonds is 6. The van der Waals surface area contributed by atoms with Crippen LogP contribution in [-0.4, -0.2) is 49.1 Å². The number of amides is 2. The monoisotopic (exact) mass is 316 g/mol. The molecule has 1 fully saturated rings. The summed E-state index contributed by atoms with van der Waals surface area (Å²) in [5.74, 6) is -0.246. The molecule has 0 atom stereocenters. The Balaban J connectivity index is 1.55. The standard InChI is InChI=1S/C18H24N2O3/c1-23-12-4-11-19-13-7-9-14(10-8-13)20-17(21)15-5-2-3-6-16(15)18(20)22/h2-3,5-6,13-14,19H,4,7-12H2,1H3. The van der Waals surface area contributed by atoms with Crippen molar-refractivity contribution in [1.82, 2.24) is 10.2 Å². The highest BCUT2D eigenvalue weighted by Gasteiger charge is 2.40. The molecule has 1 aromatic carbocycles. The minimum Gasteiger partial charge on any atom is -0.385 e. The van der Waals surface area contributed by atoms with Crippen LogP contribution in [0.4, 0.5) is 0 Å². The first kappa shape index (κ1) is 16.1. The van der Waals surface area contributed by atoms with Gasteiger partial charge in [0.15, 0.2) is 0 Å². The van der Waals surface area contributed by atoms with Gasteiger partial charge < -0.3 is 10.1 Å². The number of methoxy groups -OCH3 is 1. The molecule has 0 saturated heterocycles. The van der Waals surface area contributed by atoms with Crippen molar-refractivity contribution in [1.29, 1.82) is 0 Å². The fourth-order valence-electron chi connectivity index (χ4n) is 3.60. The second-order valence-corrected chi connectivity index (χ2v) is 6.33. The van der Waals surface area contributed by atoms with E-state index in [0.29, 0.717) is 17.2 Å². The van der Waals surface area contributed by atoms with Gasteiger partial charge in [-0.2, -0.15) is 0 Å². The molecular weight excluding hydrogens is 292 g/mol. The molecule has 0 bridgehead atoms. The number of carbonyl (C=O) groups is 2. The Labute approximate surface area is 137 Å². The van der Waals surface area contributed by atoms with Gasteiger partial charge in [-0.05, 0) is 50.8 Å². The molecule has 3 rings (SSSR count). The smallest absolute Gasteiger partial charge is 0.261 e. The summed E-state index contributed by atoms with van der Waals surface area (Å²) in [5, 5.41) is 3.54. The van der Waals surface area contributed by atoms with E-state index in [1.54, 1.807) is 19.2 Å². The number of nitrogens with zero attached hydrogens (tertiary/aromatic N) is 1. The van der Waals surface area contributed by atoms with Crippen LogP contribution in [0.1, 0.15) is 52.8 Å². The van der Waals surface area contributed by atoms with Crippen LogP contribution in [0.25, 0.3) is 0 Å². The van der Waals surface area contributed by atoms with Crippen LogP contribution in [0.5, 0.6) is 0 Å². The fraction of sp³-hybridized carbons (Fsp3) is 0.556. The first-order valence-corrected chi connectivity index (χ1v) is 8.41. The molecule has 1 N–H and O–H groups in total. The third-order valence-electron chi connectivity index (χ3n) is 4.85. The van der Waals surface area contributed by atoms with Crippen molar-refractivity contribution >= 4 is 11.8 Å². The zero-order chi connectivity index (χ0) is 16.2. The molecule has 1 aromatic rings. The van der Waals surface area contributed by atoms with Gasteiger partial charge in [-0.1, -0.05) is 12.1 Å². The lowest BCUT2D eigenvalue weighted by molar-refractivity contribution is 0.0537. The van der Waals surface area contributed by atoms with E-state index >= 15 is 0 Å². The van der Waals surface area contributed by atoms with Gasteiger partial charge in [-0.15, -0.1) is 0 Å². The molecule has 0 aromatic heterocycles. The molecular formula is C18H24N2O3. The second kappa shape index (κ2) is 7.23. The van der Waals surface area contributed by atoms with Crippen LogP contribution in [-0.2, 0) is 4.74 Å². The Morgan fingerprint density at radius 2 is 1.70 bits per heavy atom. The summed E-state index contributed by atoms with van der Waals surface area (Å²) in [6.45, 7) is 1.73. The summed E-state index contributed by atoms with van der Waals surface area (Å²) >= 11 is 0. The number of carbonyl (C=O) groups excluding carboxylic acids is 2. The normalized spacial score (nSPS) is 24.1. The van der Waals surface area contributed by atoms with E-state index in [1.807, 2.05) is 12.1 Å². The van der Waals surface area contributed by atoms with Crippen molar-refractivity contribution in [3.8, 4) is 0 Å². The molecule has 0 radical (unpaired) electrons. The highest BCUT2D eigenvalue weighted by molar-refractivity contribution is 6.21. The summed E-state index contributed by atoms with van der Waals surface area (Å²) in [4.78, 5) is 26.5. The molecule has 0 unspecified atom stereocenters. The number of fused-ring (bicyclic) bond motifs is 1. The second-order valence-electron chi connectivity index (χ2n) is 6.33. The van der Waals surface area contributed by atoms with E-state index in [4.69, 9.17) is 4.74 Å². The third-order valence-corrected chi connectivity index (χ3v) is 4.85. The van der Waals surface area contributed by atoms with Gasteiger partial charge in [0, 0.05) is 25.8 Å². The Bertz CT molecular complexity index is 544. The summed E-state index contributed by atoms with van der Waals surface area (Å²) in [6, 6.07) is 7.65. The maximum Gasteiger partial charge on any atom is 0.261 e. The summed E-state index contributed by atoms with van der Waals surface area (Å²) < 4.78 is 5.05. The number of hydrogen-bond acceptors (Lipinski definition) is 4. The van der Waals surface area contributed by atoms with Gasteiger partial charge in [0.2, 0.25) is 0 Å². The molecule has 2 amide bonds. The number of benzene rings is 1. The average Bonchev–Trinajstić information content (AvgIpc) is 2.84. The molecule has 5 heteroatoms. The maximum atomic E-state index is 12.5. The fourth-order valence-corrected chi connectivity index (χ4v) is 3.60. The summed E-state index contributed by atoms with van der Waals surface area (Å²) in [7, 11) is 1.72. The lowest BCUT2D eigenvalue weighted by Crippen LogP contribution is -2.45. The molecule has 5 nitrogen and oxygen atoms in total. The molecule has 23 heavy (non-hydrogen) atoms. The third kappa shape index (κ3) is 3.31. The maximum absolute atomic E-state index is 12.5. The van der Waals surface area contributed by atoms with Crippen LogP contribution in [0, 0.1) is 0 Å². The van der Waals surface area contributed by atoms with Gasteiger partial charge in [0.1, 0.15) is 0 Å². The first-order valence-electron chi connectivity index (χ1n) is 8.41. The lowest BCUT2D eigenvalue weighted by Gasteiger charge is -2.33. The minimum absolute atomic E-state index is 0.0411. The molecule has 0 spiro atoms. The van der Waals surface area contributed by atoms with E-state index in [1.165, 1.54) is 4.90 Å². The average molecular weight is 316 g/mol. The number of hydrogen-bond donors (Lipinski definition) is 1. The van der Waals surface area contributed by atoms with Gasteiger partial charge in [0.05, 0.1) is 11.1 Å². The Kier molecular flexibility index (Phi) is 5.08. The molecule has 2 aliphatic rings. The number of ether oxygens (including phenoxy) is 1. The van der Waals surface area contributed by atoms with Gasteiger partial charge >= 0.3 is 0 Å². The Hall–Kier alpha value is -1.72. The highest BCUT2D eigenvalue weighted by atomic mass is 16.5. The Morgan fingerprint density at radius 3 is 2.26 bits per heavy atom. The minimum atomic E-state index is -0.123. The molecule has 1 aliphatic carbocycles. The van der Waals surface area contributed by atoms with E-state index in [2.05, 4.69) is 5.32 Å². The Morgan fingerprint density at radius 1 is 1.09 bits per heavy atom. The van der Waals surface area contributed by atoms with Gasteiger partial charge in [-0.25, -0.2) is 0 Å². The zero-order valence-electron chi connectivity index (χ0n) is 13.6. The molecule has 124 valence electrons. The number of nitrogens with one attached hydrogen (secondary N) is 1. The lowest BCUT2D eigenvalue weighted by atomic mass is 9.90. The van der Waals surface area contributed by atoms with Crippen LogP contribution >= 0.6 is 0 Å². The quantitative estimate of drug-likeness (QED) is 0.646. The predicted molar refractivity (Wildman–Crippen MR) is 87.5 cm³/mol. The van der Waals surface area contributed by atoms with Crippen molar-refractivity contribution < 1.29 is 14.3 Å². The SMILES string of the molecule is COCCCNC1CCC(N2C(=O)c3ccccc3C2=O)CC1. The topological polar surface area (TPSA) is 58.6 Å². The van der Waals surface area contributed by atoms with E-state index in [0.717, 1.165) is 45.3 Å². The van der Waals surface area contributed by atoms with Crippen LogP contribution in [0.2, 0.25) is 0 Å². The van der Waals surface area contributed by atoms with Crippen LogP contribution in [0.15, 0.2) is 24.3 Å². The predicted octanol–water partition coefficient (Wildman–Crippen LogP) is 2.22. The molecule has 1 aliphatic heterocycles. The zero-order valence-corrected chi connectivity index (χ0v) is 13.6. The van der Waals surface area contributed by atoms with Crippen LogP contribution < -0.4 is 5.32 Å². The van der Waals surface area contributed by atoms with Crippen molar-refractivity contribution in [2.24, 2.45) is 0 Å². The van der Waals surface area contributed by atoms with Crippen molar-refractivity contribution in [2.75, 3.05) is 20.3 Å². The van der Waals surface area contributed by atoms with E-state index in [-0.39, 0.29) is 17.9 Å². The van der Waals surface area contributed by atoms with Crippen molar-refractivity contribution in [3.63, 3.8) is 0 Å². The molecule has 1 heterocycles. The summed E-state index contributed by atoms with van der Waals surface area (Å²) in [5.41, 5.74) is 1.11. The first-order chi connectivity index (χ1) is 11.2. The van der Waals surface area contributed by atoms with Crippen molar-refractivity contribution in [3.05, 3.63) is 35.4 Å². The molecule has 1 saturated carbocycles. The van der Waals surface area contributed by atoms with Crippen LogP contribution in [0.3, 0.4) is 0 Å². The van der Waals surface area contributed by atoms with Gasteiger partial charge in [0.25, 0.3) is 11.8 Å². The van der Waals surface area contributed by atoms with E-state index < -0.39 is 0 Å². The number of imide groups is 1. The van der Waals surface area contributed by atoms with Gasteiger partial charge in [-0.3, -0.25) is 14.5 Å². The summed E-state index contributed by atoms with van der Waals surface area (Å²) in [6.07, 6.45) is 4.78. The highest BCUT2D eigenvalue weighted by Crippen LogP contribution is 2.30. The van der Waals surface area contributed by atoms with Crippen molar-refractivity contribution in [2.45, 2.75) is 44.2 Å². The largest absolute Gasteiger partial charge is 0.385 e. The van der Waals surface area contributed by atoms with E-state index in [9.17, 15) is 9.59 Å².